The van der Waals surface area contributed by atoms with Crippen molar-refractivity contribution in [1.29, 1.82) is 0 Å². The lowest BCUT2D eigenvalue weighted by Crippen LogP contribution is -2.11. The van der Waals surface area contributed by atoms with E-state index in [2.05, 4.69) is 48.5 Å². The highest BCUT2D eigenvalue weighted by atomic mass is 14.2. The highest BCUT2D eigenvalue weighted by Gasteiger charge is 2.15. The first-order valence-electron chi connectivity index (χ1n) is 8.10. The van der Waals surface area contributed by atoms with Gasteiger partial charge in [-0.3, -0.25) is 0 Å². The molecular weight excluding hydrogens is 216 g/mol. The summed E-state index contributed by atoms with van der Waals surface area (Å²) < 4.78 is 0. The molecule has 0 spiro atoms. The smallest absolute Gasteiger partial charge is 0.0206 e. The van der Waals surface area contributed by atoms with Gasteiger partial charge >= 0.3 is 0 Å². The van der Waals surface area contributed by atoms with Crippen LogP contribution in [0.2, 0.25) is 0 Å². The molecular formula is C18H36. The second-order valence-electron chi connectivity index (χ2n) is 6.47. The number of hydrogen-bond acceptors (Lipinski definition) is 0. The SMILES string of the molecule is CCCCC(C)C(C)C(C)=C(C)CC(C)CCC. The van der Waals surface area contributed by atoms with Gasteiger partial charge in [-0.15, -0.1) is 0 Å². The van der Waals surface area contributed by atoms with E-state index in [0.717, 1.165) is 17.8 Å². The third kappa shape index (κ3) is 6.61. The van der Waals surface area contributed by atoms with Gasteiger partial charge < -0.3 is 0 Å². The van der Waals surface area contributed by atoms with Crippen molar-refractivity contribution in [2.45, 2.75) is 87.0 Å². The van der Waals surface area contributed by atoms with Crippen LogP contribution in [0.5, 0.6) is 0 Å². The van der Waals surface area contributed by atoms with E-state index in [1.165, 1.54) is 38.5 Å². The monoisotopic (exact) mass is 252 g/mol. The first kappa shape index (κ1) is 17.7. The third-order valence-corrected chi connectivity index (χ3v) is 4.66. The summed E-state index contributed by atoms with van der Waals surface area (Å²) in [7, 11) is 0. The van der Waals surface area contributed by atoms with Crippen molar-refractivity contribution in [3.05, 3.63) is 11.1 Å². The fourth-order valence-electron chi connectivity index (χ4n) is 2.87. The zero-order valence-electron chi connectivity index (χ0n) is 14.0. The summed E-state index contributed by atoms with van der Waals surface area (Å²) in [5.74, 6) is 2.44. The Kier molecular flexibility index (Phi) is 9.50. The van der Waals surface area contributed by atoms with Crippen LogP contribution in [-0.4, -0.2) is 0 Å². The average Bonchev–Trinajstić information content (AvgIpc) is 2.34. The van der Waals surface area contributed by atoms with E-state index in [-0.39, 0.29) is 0 Å². The molecule has 108 valence electrons. The van der Waals surface area contributed by atoms with Crippen LogP contribution in [0.1, 0.15) is 87.0 Å². The van der Waals surface area contributed by atoms with Crippen LogP contribution in [0.15, 0.2) is 11.1 Å². The molecule has 0 nitrogen and oxygen atoms in total. The van der Waals surface area contributed by atoms with Crippen molar-refractivity contribution in [3.8, 4) is 0 Å². The molecule has 0 radical (unpaired) electrons. The fourth-order valence-corrected chi connectivity index (χ4v) is 2.87. The van der Waals surface area contributed by atoms with Gasteiger partial charge in [0.25, 0.3) is 0 Å². The van der Waals surface area contributed by atoms with Gasteiger partial charge in [0, 0.05) is 0 Å². The van der Waals surface area contributed by atoms with Gasteiger partial charge in [-0.2, -0.15) is 0 Å². The van der Waals surface area contributed by atoms with Crippen molar-refractivity contribution in [2.24, 2.45) is 17.8 Å². The van der Waals surface area contributed by atoms with Crippen LogP contribution in [0.25, 0.3) is 0 Å². The van der Waals surface area contributed by atoms with Crippen LogP contribution >= 0.6 is 0 Å². The highest BCUT2D eigenvalue weighted by molar-refractivity contribution is 5.13. The molecule has 0 fully saturated rings. The normalized spacial score (nSPS) is 18.2. The molecule has 0 aromatic carbocycles. The van der Waals surface area contributed by atoms with Gasteiger partial charge in [0.05, 0.1) is 0 Å². The molecule has 0 N–H and O–H groups in total. The van der Waals surface area contributed by atoms with Crippen LogP contribution < -0.4 is 0 Å². The summed E-state index contributed by atoms with van der Waals surface area (Å²) in [6.45, 7) is 16.5. The van der Waals surface area contributed by atoms with Gasteiger partial charge in [-0.05, 0) is 38.0 Å². The predicted molar refractivity (Wildman–Crippen MR) is 84.9 cm³/mol. The number of allylic oxidation sites excluding steroid dienone is 2. The second-order valence-corrected chi connectivity index (χ2v) is 6.47. The Morgan fingerprint density at radius 1 is 0.889 bits per heavy atom. The summed E-state index contributed by atoms with van der Waals surface area (Å²) in [5, 5.41) is 0. The summed E-state index contributed by atoms with van der Waals surface area (Å²) in [5.41, 5.74) is 3.30. The van der Waals surface area contributed by atoms with Crippen molar-refractivity contribution in [2.75, 3.05) is 0 Å². The quantitative estimate of drug-likeness (QED) is 0.405. The number of unbranched alkanes of at least 4 members (excludes halogenated alkanes) is 1. The highest BCUT2D eigenvalue weighted by Crippen LogP contribution is 2.29. The molecule has 0 saturated heterocycles. The summed E-state index contributed by atoms with van der Waals surface area (Å²) >= 11 is 0. The zero-order valence-corrected chi connectivity index (χ0v) is 14.0. The van der Waals surface area contributed by atoms with E-state index in [0.29, 0.717) is 0 Å². The Morgan fingerprint density at radius 2 is 1.50 bits per heavy atom. The number of hydrogen-bond donors (Lipinski definition) is 0. The number of rotatable bonds is 9. The zero-order chi connectivity index (χ0) is 14.1. The third-order valence-electron chi connectivity index (χ3n) is 4.66. The largest absolute Gasteiger partial charge is 0.0739 e. The van der Waals surface area contributed by atoms with Gasteiger partial charge in [0.1, 0.15) is 0 Å². The van der Waals surface area contributed by atoms with Crippen molar-refractivity contribution >= 4 is 0 Å². The van der Waals surface area contributed by atoms with Crippen LogP contribution in [0.3, 0.4) is 0 Å². The molecule has 0 bridgehead atoms. The van der Waals surface area contributed by atoms with Crippen LogP contribution in [0, 0.1) is 17.8 Å². The molecule has 0 aromatic heterocycles. The lowest BCUT2D eigenvalue weighted by molar-refractivity contribution is 0.393. The minimum Gasteiger partial charge on any atom is -0.0739 e. The lowest BCUT2D eigenvalue weighted by atomic mass is 9.82. The first-order valence-corrected chi connectivity index (χ1v) is 8.10. The van der Waals surface area contributed by atoms with E-state index < -0.39 is 0 Å². The van der Waals surface area contributed by atoms with E-state index in [9.17, 15) is 0 Å². The van der Waals surface area contributed by atoms with E-state index in [4.69, 9.17) is 0 Å². The Morgan fingerprint density at radius 3 is 2.00 bits per heavy atom. The molecule has 3 unspecified atom stereocenters. The Labute approximate surface area is 116 Å². The maximum atomic E-state index is 2.42. The molecule has 0 saturated carbocycles. The maximum absolute atomic E-state index is 2.42. The molecule has 0 aromatic rings. The second kappa shape index (κ2) is 9.64. The summed E-state index contributed by atoms with van der Waals surface area (Å²) in [6, 6.07) is 0. The predicted octanol–water partition coefficient (Wildman–Crippen LogP) is 6.61. The Hall–Kier alpha value is -0.260. The van der Waals surface area contributed by atoms with E-state index >= 15 is 0 Å². The molecule has 0 amide bonds. The van der Waals surface area contributed by atoms with Gasteiger partial charge in [0.2, 0.25) is 0 Å². The minimum atomic E-state index is 0.755. The Balaban J connectivity index is 4.42. The molecule has 0 heteroatoms. The van der Waals surface area contributed by atoms with E-state index in [1.807, 2.05) is 0 Å². The Bertz CT molecular complexity index is 236. The summed E-state index contributed by atoms with van der Waals surface area (Å²) in [6.07, 6.45) is 8.06. The topological polar surface area (TPSA) is 0 Å². The fraction of sp³-hybridized carbons (Fsp3) is 0.889. The van der Waals surface area contributed by atoms with Crippen LogP contribution in [0.4, 0.5) is 0 Å². The summed E-state index contributed by atoms with van der Waals surface area (Å²) in [4.78, 5) is 0. The molecule has 18 heavy (non-hydrogen) atoms. The van der Waals surface area contributed by atoms with Crippen LogP contribution in [-0.2, 0) is 0 Å². The standard InChI is InChI=1S/C18H36/c1-8-10-12-15(4)17(6)18(7)16(5)13-14(3)11-9-2/h14-15,17H,8-13H2,1-7H3. The van der Waals surface area contributed by atoms with Crippen molar-refractivity contribution < 1.29 is 0 Å². The maximum Gasteiger partial charge on any atom is -0.0206 e. The molecule has 0 rings (SSSR count). The molecule has 3 atom stereocenters. The molecule has 0 heterocycles. The van der Waals surface area contributed by atoms with Gasteiger partial charge in [0.15, 0.2) is 0 Å². The average molecular weight is 252 g/mol. The minimum absolute atomic E-state index is 0.755. The molecule has 0 aliphatic rings. The van der Waals surface area contributed by atoms with Gasteiger partial charge in [-0.25, -0.2) is 0 Å². The van der Waals surface area contributed by atoms with Gasteiger partial charge in [-0.1, -0.05) is 77.9 Å². The molecule has 0 aliphatic carbocycles. The van der Waals surface area contributed by atoms with E-state index in [1.54, 1.807) is 11.1 Å². The molecule has 0 aliphatic heterocycles. The van der Waals surface area contributed by atoms with Crippen molar-refractivity contribution in [1.82, 2.24) is 0 Å². The van der Waals surface area contributed by atoms with Crippen molar-refractivity contribution in [3.63, 3.8) is 0 Å². The lowest BCUT2D eigenvalue weighted by Gasteiger charge is -2.24. The first-order chi connectivity index (χ1) is 8.43.